The molecule has 0 fully saturated rings. The van der Waals surface area contributed by atoms with Gasteiger partial charge < -0.3 is 15.7 Å². The number of hydrogen-bond donors (Lipinski definition) is 2. The van der Waals surface area contributed by atoms with Gasteiger partial charge in [-0.1, -0.05) is 35.9 Å². The highest BCUT2D eigenvalue weighted by Gasteiger charge is 2.19. The van der Waals surface area contributed by atoms with E-state index in [4.69, 9.17) is 17.3 Å². The Bertz CT molecular complexity index is 658. The van der Waals surface area contributed by atoms with Crippen molar-refractivity contribution in [3.8, 4) is 5.75 Å². The van der Waals surface area contributed by atoms with Gasteiger partial charge >= 0.3 is 0 Å². The Hall–Kier alpha value is -2.20. The highest BCUT2D eigenvalue weighted by molar-refractivity contribution is 6.31. The van der Waals surface area contributed by atoms with Crippen LogP contribution in [0.15, 0.2) is 42.5 Å². The third kappa shape index (κ3) is 3.28. The zero-order valence-electron chi connectivity index (χ0n) is 11.7. The molecule has 110 valence electrons. The molecule has 0 bridgehead atoms. The average molecular weight is 305 g/mol. The summed E-state index contributed by atoms with van der Waals surface area (Å²) in [4.78, 5) is 14.1. The van der Waals surface area contributed by atoms with Gasteiger partial charge in [0.15, 0.2) is 5.75 Å². The number of nitrogens with two attached hydrogens (primary N) is 1. The van der Waals surface area contributed by atoms with Crippen LogP contribution in [0.1, 0.15) is 22.8 Å². The highest BCUT2D eigenvalue weighted by Crippen LogP contribution is 2.26. The summed E-state index contributed by atoms with van der Waals surface area (Å²) in [5.74, 6) is -0.456. The summed E-state index contributed by atoms with van der Waals surface area (Å²) >= 11 is 6.13. The van der Waals surface area contributed by atoms with Crippen LogP contribution >= 0.6 is 11.6 Å². The number of anilines is 1. The second kappa shape index (κ2) is 6.50. The molecule has 2 rings (SSSR count). The standard InChI is InChI=1S/C16H17ClN2O2/c1-2-19(10-11-6-3-4-8-13(11)17)16(21)12-7-5-9-14(18)15(12)20/h3-9,20H,2,10,18H2,1H3. The number of carbonyl (C=O) groups is 1. The molecule has 2 aromatic rings. The molecule has 0 spiro atoms. The third-order valence-corrected chi connectivity index (χ3v) is 3.65. The monoisotopic (exact) mass is 304 g/mol. The fraction of sp³-hybridized carbons (Fsp3) is 0.188. The maximum Gasteiger partial charge on any atom is 0.257 e. The Morgan fingerprint density at radius 1 is 1.24 bits per heavy atom. The van der Waals surface area contributed by atoms with Crippen LogP contribution in [0.2, 0.25) is 5.02 Å². The molecular weight excluding hydrogens is 288 g/mol. The van der Waals surface area contributed by atoms with Crippen LogP contribution in [0, 0.1) is 0 Å². The van der Waals surface area contributed by atoms with E-state index in [1.165, 1.54) is 0 Å². The molecule has 5 heteroatoms. The highest BCUT2D eigenvalue weighted by atomic mass is 35.5. The molecule has 21 heavy (non-hydrogen) atoms. The smallest absolute Gasteiger partial charge is 0.257 e. The molecule has 0 saturated carbocycles. The lowest BCUT2D eigenvalue weighted by Crippen LogP contribution is -2.30. The van der Waals surface area contributed by atoms with E-state index in [0.29, 0.717) is 18.1 Å². The predicted molar refractivity (Wildman–Crippen MR) is 84.4 cm³/mol. The molecular formula is C16H17ClN2O2. The van der Waals surface area contributed by atoms with Gasteiger partial charge in [-0.3, -0.25) is 4.79 Å². The summed E-state index contributed by atoms with van der Waals surface area (Å²) in [6.45, 7) is 2.75. The minimum atomic E-state index is -0.276. The van der Waals surface area contributed by atoms with Gasteiger partial charge in [0, 0.05) is 18.1 Å². The number of rotatable bonds is 4. The van der Waals surface area contributed by atoms with Crippen molar-refractivity contribution in [3.63, 3.8) is 0 Å². The number of carbonyl (C=O) groups excluding carboxylic acids is 1. The number of nitrogen functional groups attached to an aromatic ring is 1. The number of benzene rings is 2. The average Bonchev–Trinajstić information content (AvgIpc) is 2.48. The van der Waals surface area contributed by atoms with Gasteiger partial charge in [0.1, 0.15) is 0 Å². The zero-order chi connectivity index (χ0) is 15.4. The van der Waals surface area contributed by atoms with Gasteiger partial charge in [0.25, 0.3) is 5.91 Å². The van der Waals surface area contributed by atoms with Crippen LogP contribution in [-0.2, 0) is 6.54 Å². The lowest BCUT2D eigenvalue weighted by Gasteiger charge is -2.22. The van der Waals surface area contributed by atoms with E-state index in [0.717, 1.165) is 5.56 Å². The number of nitrogens with zero attached hydrogens (tertiary/aromatic N) is 1. The van der Waals surface area contributed by atoms with Crippen LogP contribution in [-0.4, -0.2) is 22.5 Å². The van der Waals surface area contributed by atoms with Crippen LogP contribution in [0.5, 0.6) is 5.75 Å². The first kappa shape index (κ1) is 15.2. The van der Waals surface area contributed by atoms with Crippen molar-refractivity contribution in [3.05, 3.63) is 58.6 Å². The first-order valence-corrected chi connectivity index (χ1v) is 7.02. The van der Waals surface area contributed by atoms with Crippen molar-refractivity contribution >= 4 is 23.2 Å². The second-order valence-corrected chi connectivity index (χ2v) is 5.06. The molecule has 0 aliphatic heterocycles. The number of phenols is 1. The minimum Gasteiger partial charge on any atom is -0.505 e. The second-order valence-electron chi connectivity index (χ2n) is 4.65. The maximum absolute atomic E-state index is 12.5. The fourth-order valence-corrected chi connectivity index (χ4v) is 2.26. The topological polar surface area (TPSA) is 66.6 Å². The molecule has 0 aliphatic rings. The van der Waals surface area contributed by atoms with E-state index >= 15 is 0 Å². The van der Waals surface area contributed by atoms with Crippen molar-refractivity contribution < 1.29 is 9.90 Å². The van der Waals surface area contributed by atoms with Gasteiger partial charge in [-0.15, -0.1) is 0 Å². The summed E-state index contributed by atoms with van der Waals surface area (Å²) in [7, 11) is 0. The van der Waals surface area contributed by atoms with Crippen LogP contribution < -0.4 is 5.73 Å². The van der Waals surface area contributed by atoms with E-state index in [2.05, 4.69) is 0 Å². The quantitative estimate of drug-likeness (QED) is 0.673. The summed E-state index contributed by atoms with van der Waals surface area (Å²) in [6, 6.07) is 12.1. The van der Waals surface area contributed by atoms with Crippen molar-refractivity contribution in [2.75, 3.05) is 12.3 Å². The Balaban J connectivity index is 2.27. The molecule has 0 radical (unpaired) electrons. The summed E-state index contributed by atoms with van der Waals surface area (Å²) in [5, 5.41) is 10.5. The Kier molecular flexibility index (Phi) is 4.70. The van der Waals surface area contributed by atoms with Gasteiger partial charge in [-0.05, 0) is 30.7 Å². The van der Waals surface area contributed by atoms with E-state index in [1.807, 2.05) is 25.1 Å². The Morgan fingerprint density at radius 3 is 2.62 bits per heavy atom. The van der Waals surface area contributed by atoms with Gasteiger partial charge in [0.05, 0.1) is 11.3 Å². The van der Waals surface area contributed by atoms with E-state index in [-0.39, 0.29) is 22.9 Å². The predicted octanol–water partition coefficient (Wildman–Crippen LogP) is 3.29. The van der Waals surface area contributed by atoms with Gasteiger partial charge in [-0.2, -0.15) is 0 Å². The van der Waals surface area contributed by atoms with Crippen LogP contribution in [0.25, 0.3) is 0 Å². The van der Waals surface area contributed by atoms with Gasteiger partial charge in [-0.25, -0.2) is 0 Å². The van der Waals surface area contributed by atoms with E-state index < -0.39 is 0 Å². The zero-order valence-corrected chi connectivity index (χ0v) is 12.5. The van der Waals surface area contributed by atoms with Gasteiger partial charge in [0.2, 0.25) is 0 Å². The molecule has 4 nitrogen and oxygen atoms in total. The summed E-state index contributed by atoms with van der Waals surface area (Å²) < 4.78 is 0. The largest absolute Gasteiger partial charge is 0.505 e. The number of amides is 1. The molecule has 3 N–H and O–H groups in total. The van der Waals surface area contributed by atoms with Crippen molar-refractivity contribution in [2.24, 2.45) is 0 Å². The molecule has 0 aliphatic carbocycles. The van der Waals surface area contributed by atoms with Crippen LogP contribution in [0.4, 0.5) is 5.69 Å². The molecule has 0 aromatic heterocycles. The Morgan fingerprint density at radius 2 is 1.95 bits per heavy atom. The summed E-state index contributed by atoms with van der Waals surface area (Å²) in [6.07, 6.45) is 0. The molecule has 0 atom stereocenters. The fourth-order valence-electron chi connectivity index (χ4n) is 2.06. The van der Waals surface area contributed by atoms with Crippen molar-refractivity contribution in [2.45, 2.75) is 13.5 Å². The lowest BCUT2D eigenvalue weighted by molar-refractivity contribution is 0.0749. The molecule has 0 heterocycles. The SMILES string of the molecule is CCN(Cc1ccccc1Cl)C(=O)c1cccc(N)c1O. The number of phenolic OH excluding ortho intramolecular Hbond substituents is 1. The number of hydrogen-bond acceptors (Lipinski definition) is 3. The molecule has 2 aromatic carbocycles. The molecule has 1 amide bonds. The lowest BCUT2D eigenvalue weighted by atomic mass is 10.1. The van der Waals surface area contributed by atoms with Crippen LogP contribution in [0.3, 0.4) is 0 Å². The number of halogens is 1. The van der Waals surface area contributed by atoms with Crippen molar-refractivity contribution in [1.29, 1.82) is 0 Å². The number of para-hydroxylation sites is 1. The maximum atomic E-state index is 12.5. The van der Waals surface area contributed by atoms with E-state index in [9.17, 15) is 9.90 Å². The first-order valence-electron chi connectivity index (χ1n) is 6.64. The first-order chi connectivity index (χ1) is 10.0. The third-order valence-electron chi connectivity index (χ3n) is 3.29. The normalized spacial score (nSPS) is 10.4. The van der Waals surface area contributed by atoms with E-state index in [1.54, 1.807) is 29.2 Å². The summed E-state index contributed by atoms with van der Waals surface area (Å²) in [5.41, 5.74) is 6.88. The number of aromatic hydroxyl groups is 1. The Labute approximate surface area is 128 Å². The minimum absolute atomic E-state index is 0.180. The molecule has 0 unspecified atom stereocenters. The van der Waals surface area contributed by atoms with Crippen molar-refractivity contribution in [1.82, 2.24) is 4.90 Å². The molecule has 0 saturated heterocycles.